The standard InChI is InChI=1S/C11H10N4O3S/c12-4-5-18-10-3-1-2-9(6-10)15-19(16,17)11-7-13-8-14-11/h1-3,6-8,15H,5H2,(H,13,14). The number of ether oxygens (including phenoxy) is 1. The maximum atomic E-state index is 11.9. The summed E-state index contributed by atoms with van der Waals surface area (Å²) in [6.07, 6.45) is 2.49. The summed E-state index contributed by atoms with van der Waals surface area (Å²) in [5.41, 5.74) is 0.338. The maximum absolute atomic E-state index is 11.9. The highest BCUT2D eigenvalue weighted by Crippen LogP contribution is 2.19. The van der Waals surface area contributed by atoms with Crippen LogP contribution in [0.4, 0.5) is 5.69 Å². The molecule has 2 rings (SSSR count). The Hall–Kier alpha value is -2.53. The second kappa shape index (κ2) is 5.41. The van der Waals surface area contributed by atoms with Gasteiger partial charge in [-0.15, -0.1) is 0 Å². The first-order valence-electron chi connectivity index (χ1n) is 5.23. The molecule has 0 spiro atoms. The number of benzene rings is 1. The van der Waals surface area contributed by atoms with Gasteiger partial charge in [0.1, 0.15) is 11.8 Å². The summed E-state index contributed by atoms with van der Waals surface area (Å²) in [7, 11) is -3.70. The van der Waals surface area contributed by atoms with Gasteiger partial charge in [0.25, 0.3) is 10.0 Å². The third-order valence-corrected chi connectivity index (χ3v) is 3.46. The van der Waals surface area contributed by atoms with E-state index in [1.54, 1.807) is 18.2 Å². The van der Waals surface area contributed by atoms with Gasteiger partial charge in [-0.1, -0.05) is 6.07 Å². The normalized spacial score (nSPS) is 10.7. The lowest BCUT2D eigenvalue weighted by Crippen LogP contribution is -2.13. The number of nitriles is 1. The van der Waals surface area contributed by atoms with E-state index in [0.29, 0.717) is 11.4 Å². The van der Waals surface area contributed by atoms with Gasteiger partial charge in [-0.25, -0.2) is 4.98 Å². The molecular weight excluding hydrogens is 268 g/mol. The molecule has 0 radical (unpaired) electrons. The third-order valence-electron chi connectivity index (χ3n) is 2.15. The quantitative estimate of drug-likeness (QED) is 0.851. The van der Waals surface area contributed by atoms with Gasteiger partial charge in [-0.2, -0.15) is 13.7 Å². The van der Waals surface area contributed by atoms with Crippen LogP contribution in [0, 0.1) is 11.3 Å². The Bertz CT molecular complexity index is 689. The summed E-state index contributed by atoms with van der Waals surface area (Å²) in [6.45, 7) is -0.100. The van der Waals surface area contributed by atoms with Crippen molar-refractivity contribution in [1.29, 1.82) is 5.26 Å². The molecule has 1 aromatic carbocycles. The summed E-state index contributed by atoms with van der Waals surface area (Å²) in [5, 5.41) is 8.38. The van der Waals surface area contributed by atoms with Gasteiger partial charge in [-0.3, -0.25) is 4.72 Å². The first-order chi connectivity index (χ1) is 9.12. The summed E-state index contributed by atoms with van der Waals surface area (Å²) in [4.78, 5) is 6.16. The van der Waals surface area contributed by atoms with Gasteiger partial charge < -0.3 is 9.72 Å². The van der Waals surface area contributed by atoms with E-state index in [0.717, 1.165) is 0 Å². The van der Waals surface area contributed by atoms with E-state index in [4.69, 9.17) is 10.00 Å². The molecule has 0 saturated heterocycles. The maximum Gasteiger partial charge on any atom is 0.278 e. The van der Waals surface area contributed by atoms with Crippen molar-refractivity contribution < 1.29 is 13.2 Å². The van der Waals surface area contributed by atoms with Gasteiger partial charge in [-0.05, 0) is 12.1 Å². The van der Waals surface area contributed by atoms with Crippen LogP contribution in [0.1, 0.15) is 0 Å². The molecule has 19 heavy (non-hydrogen) atoms. The molecule has 8 heteroatoms. The number of aromatic amines is 1. The molecule has 0 saturated carbocycles. The minimum absolute atomic E-state index is 0.0316. The first-order valence-corrected chi connectivity index (χ1v) is 6.71. The third kappa shape index (κ3) is 3.23. The molecule has 0 bridgehead atoms. The largest absolute Gasteiger partial charge is 0.479 e. The Balaban J connectivity index is 2.18. The Labute approximate surface area is 109 Å². The van der Waals surface area contributed by atoms with E-state index in [-0.39, 0.29) is 11.6 Å². The summed E-state index contributed by atoms with van der Waals surface area (Å²) >= 11 is 0. The zero-order valence-corrected chi connectivity index (χ0v) is 10.5. The van der Waals surface area contributed by atoms with E-state index in [1.165, 1.54) is 18.6 Å². The highest BCUT2D eigenvalue weighted by molar-refractivity contribution is 7.92. The fraction of sp³-hybridized carbons (Fsp3) is 0.0909. The molecule has 0 aliphatic heterocycles. The number of H-pyrrole nitrogens is 1. The molecule has 0 aliphatic carbocycles. The molecule has 2 N–H and O–H groups in total. The second-order valence-electron chi connectivity index (χ2n) is 3.50. The van der Waals surface area contributed by atoms with Crippen LogP contribution in [0.3, 0.4) is 0 Å². The van der Waals surface area contributed by atoms with Crippen LogP contribution in [-0.4, -0.2) is 25.0 Å². The van der Waals surface area contributed by atoms with Gasteiger partial charge in [0.2, 0.25) is 0 Å². The Morgan fingerprint density at radius 1 is 1.47 bits per heavy atom. The number of hydrogen-bond donors (Lipinski definition) is 2. The van der Waals surface area contributed by atoms with Gasteiger partial charge >= 0.3 is 0 Å². The summed E-state index contributed by atoms with van der Waals surface area (Å²) in [5.74, 6) is 0.409. The lowest BCUT2D eigenvalue weighted by atomic mass is 10.3. The molecule has 0 aliphatic rings. The molecule has 0 atom stereocenters. The van der Waals surface area contributed by atoms with Crippen LogP contribution in [0.2, 0.25) is 0 Å². The van der Waals surface area contributed by atoms with Crippen molar-refractivity contribution in [3.63, 3.8) is 0 Å². The Kier molecular flexibility index (Phi) is 3.68. The average molecular weight is 278 g/mol. The van der Waals surface area contributed by atoms with Crippen molar-refractivity contribution in [2.45, 2.75) is 5.03 Å². The van der Waals surface area contributed by atoms with E-state index >= 15 is 0 Å². The monoisotopic (exact) mass is 278 g/mol. The highest BCUT2D eigenvalue weighted by Gasteiger charge is 2.15. The van der Waals surface area contributed by atoms with Crippen LogP contribution in [0.25, 0.3) is 0 Å². The number of nitrogens with one attached hydrogen (secondary N) is 2. The van der Waals surface area contributed by atoms with Crippen molar-refractivity contribution in [2.75, 3.05) is 11.3 Å². The SMILES string of the molecule is N#CCOc1cccc(NS(=O)(=O)c2cnc[nH]2)c1. The van der Waals surface area contributed by atoms with E-state index in [1.807, 2.05) is 6.07 Å². The number of anilines is 1. The molecule has 0 fully saturated rings. The van der Waals surface area contributed by atoms with E-state index < -0.39 is 10.0 Å². The number of sulfonamides is 1. The second-order valence-corrected chi connectivity index (χ2v) is 5.15. The number of hydrogen-bond acceptors (Lipinski definition) is 5. The molecule has 1 heterocycles. The minimum Gasteiger partial charge on any atom is -0.479 e. The van der Waals surface area contributed by atoms with Gasteiger partial charge in [0.05, 0.1) is 18.2 Å². The van der Waals surface area contributed by atoms with Crippen LogP contribution in [-0.2, 0) is 10.0 Å². The molecule has 1 aromatic heterocycles. The fourth-order valence-electron chi connectivity index (χ4n) is 1.37. The summed E-state index contributed by atoms with van der Waals surface area (Å²) in [6, 6.07) is 8.15. The number of rotatable bonds is 5. The lowest BCUT2D eigenvalue weighted by molar-refractivity contribution is 0.368. The fourth-order valence-corrected chi connectivity index (χ4v) is 2.32. The lowest BCUT2D eigenvalue weighted by Gasteiger charge is -2.08. The molecular formula is C11H10N4O3S. The van der Waals surface area contributed by atoms with Crippen molar-refractivity contribution in [3.05, 3.63) is 36.8 Å². The number of aromatic nitrogens is 2. The van der Waals surface area contributed by atoms with E-state index in [2.05, 4.69) is 14.7 Å². The van der Waals surface area contributed by atoms with Crippen molar-refractivity contribution in [1.82, 2.24) is 9.97 Å². The topological polar surface area (TPSA) is 108 Å². The number of nitrogens with zero attached hydrogens (tertiary/aromatic N) is 2. The van der Waals surface area contributed by atoms with Crippen molar-refractivity contribution in [3.8, 4) is 11.8 Å². The van der Waals surface area contributed by atoms with Crippen LogP contribution in [0.5, 0.6) is 5.75 Å². The predicted molar refractivity (Wildman–Crippen MR) is 66.9 cm³/mol. The molecule has 0 unspecified atom stereocenters. The first kappa shape index (κ1) is 12.9. The molecule has 98 valence electrons. The zero-order valence-electron chi connectivity index (χ0n) is 9.70. The molecule has 2 aromatic rings. The Morgan fingerprint density at radius 2 is 2.32 bits per heavy atom. The Morgan fingerprint density at radius 3 is 3.00 bits per heavy atom. The molecule has 7 nitrogen and oxygen atoms in total. The van der Waals surface area contributed by atoms with Gasteiger partial charge in [0, 0.05) is 6.07 Å². The average Bonchev–Trinajstić information content (AvgIpc) is 2.91. The minimum atomic E-state index is -3.70. The van der Waals surface area contributed by atoms with Crippen LogP contribution < -0.4 is 9.46 Å². The zero-order chi connectivity index (χ0) is 13.7. The number of imidazole rings is 1. The highest BCUT2D eigenvalue weighted by atomic mass is 32.2. The van der Waals surface area contributed by atoms with Crippen molar-refractivity contribution >= 4 is 15.7 Å². The van der Waals surface area contributed by atoms with Crippen LogP contribution in [0.15, 0.2) is 41.8 Å². The van der Waals surface area contributed by atoms with Crippen LogP contribution >= 0.6 is 0 Å². The van der Waals surface area contributed by atoms with Gasteiger partial charge in [0.15, 0.2) is 11.6 Å². The summed E-state index contributed by atoms with van der Waals surface area (Å²) < 4.78 is 31.3. The smallest absolute Gasteiger partial charge is 0.278 e. The van der Waals surface area contributed by atoms with E-state index in [9.17, 15) is 8.42 Å². The predicted octanol–water partition coefficient (Wildman–Crippen LogP) is 1.11. The molecule has 0 amide bonds. The van der Waals surface area contributed by atoms with Crippen molar-refractivity contribution in [2.24, 2.45) is 0 Å².